The molecule has 1 aromatic rings. The number of benzene rings is 1. The molecule has 1 saturated heterocycles. The molecule has 1 fully saturated rings. The van der Waals surface area contributed by atoms with E-state index in [4.69, 9.17) is 0 Å². The highest BCUT2D eigenvalue weighted by Gasteiger charge is 2.31. The molecular weight excluding hydrogens is 258 g/mol. The SMILES string of the molecule is CN=C(NCC(C)(C)c1ccccc1)N1CCC(C)(C)C1. The van der Waals surface area contributed by atoms with Crippen molar-refractivity contribution in [3.8, 4) is 0 Å². The first-order valence-electron chi connectivity index (χ1n) is 7.85. The number of likely N-dealkylation sites (tertiary alicyclic amines) is 1. The van der Waals surface area contributed by atoms with Crippen molar-refractivity contribution in [2.24, 2.45) is 10.4 Å². The minimum Gasteiger partial charge on any atom is -0.355 e. The molecule has 0 aliphatic carbocycles. The largest absolute Gasteiger partial charge is 0.355 e. The van der Waals surface area contributed by atoms with E-state index in [1.807, 2.05) is 7.05 Å². The fourth-order valence-electron chi connectivity index (χ4n) is 2.92. The van der Waals surface area contributed by atoms with E-state index in [1.54, 1.807) is 0 Å². The summed E-state index contributed by atoms with van der Waals surface area (Å²) in [5.41, 5.74) is 1.84. The summed E-state index contributed by atoms with van der Waals surface area (Å²) in [4.78, 5) is 6.84. The molecular formula is C18H29N3. The van der Waals surface area contributed by atoms with Crippen LogP contribution in [0.5, 0.6) is 0 Å². The van der Waals surface area contributed by atoms with Crippen LogP contribution >= 0.6 is 0 Å². The Morgan fingerprint density at radius 3 is 2.48 bits per heavy atom. The van der Waals surface area contributed by atoms with E-state index in [0.717, 1.165) is 25.6 Å². The Labute approximate surface area is 129 Å². The molecule has 0 aromatic heterocycles. The molecule has 1 aliphatic rings. The number of guanidine groups is 1. The maximum Gasteiger partial charge on any atom is 0.193 e. The van der Waals surface area contributed by atoms with E-state index < -0.39 is 0 Å². The van der Waals surface area contributed by atoms with Crippen molar-refractivity contribution in [3.63, 3.8) is 0 Å². The fourth-order valence-corrected chi connectivity index (χ4v) is 2.92. The number of nitrogens with one attached hydrogen (secondary N) is 1. The minimum atomic E-state index is 0.0897. The molecule has 0 saturated carbocycles. The zero-order valence-corrected chi connectivity index (χ0v) is 14.1. The van der Waals surface area contributed by atoms with Gasteiger partial charge in [0.1, 0.15) is 0 Å². The summed E-state index contributed by atoms with van der Waals surface area (Å²) < 4.78 is 0. The van der Waals surface area contributed by atoms with Gasteiger partial charge in [-0.3, -0.25) is 4.99 Å². The Kier molecular flexibility index (Phi) is 4.60. The average Bonchev–Trinajstić information content (AvgIpc) is 2.81. The molecule has 21 heavy (non-hydrogen) atoms. The summed E-state index contributed by atoms with van der Waals surface area (Å²) in [6.45, 7) is 12.3. The van der Waals surface area contributed by atoms with Gasteiger partial charge in [0.2, 0.25) is 0 Å². The number of aliphatic imine (C=N–C) groups is 1. The van der Waals surface area contributed by atoms with Crippen LogP contribution < -0.4 is 5.32 Å². The summed E-state index contributed by atoms with van der Waals surface area (Å²) in [7, 11) is 1.88. The second-order valence-electron chi connectivity index (χ2n) is 7.49. The Balaban J connectivity index is 1.98. The maximum absolute atomic E-state index is 4.46. The standard InChI is InChI=1S/C18H29N3/c1-17(2)11-12-21(14-17)16(19-5)20-13-18(3,4)15-9-7-6-8-10-15/h6-10H,11-14H2,1-5H3,(H,19,20). The molecule has 1 N–H and O–H groups in total. The van der Waals surface area contributed by atoms with Crippen LogP contribution in [0.25, 0.3) is 0 Å². The van der Waals surface area contributed by atoms with E-state index >= 15 is 0 Å². The first kappa shape index (κ1) is 15.9. The monoisotopic (exact) mass is 287 g/mol. The van der Waals surface area contributed by atoms with Gasteiger partial charge in [-0.2, -0.15) is 0 Å². The van der Waals surface area contributed by atoms with Crippen LogP contribution in [0.2, 0.25) is 0 Å². The van der Waals surface area contributed by atoms with Crippen LogP contribution in [0.1, 0.15) is 39.7 Å². The van der Waals surface area contributed by atoms with Crippen molar-refractivity contribution in [1.82, 2.24) is 10.2 Å². The molecule has 1 aromatic carbocycles. The third-order valence-electron chi connectivity index (χ3n) is 4.43. The second kappa shape index (κ2) is 6.08. The number of rotatable bonds is 3. The van der Waals surface area contributed by atoms with Crippen molar-refractivity contribution in [2.45, 2.75) is 39.5 Å². The summed E-state index contributed by atoms with van der Waals surface area (Å²) in [5, 5.41) is 3.56. The maximum atomic E-state index is 4.46. The van der Waals surface area contributed by atoms with Crippen molar-refractivity contribution in [3.05, 3.63) is 35.9 Å². The normalized spacial score (nSPS) is 18.9. The average molecular weight is 287 g/mol. The molecule has 0 amide bonds. The lowest BCUT2D eigenvalue weighted by Crippen LogP contribution is -2.45. The van der Waals surface area contributed by atoms with E-state index in [9.17, 15) is 0 Å². The molecule has 1 aliphatic heterocycles. The van der Waals surface area contributed by atoms with E-state index in [0.29, 0.717) is 5.41 Å². The molecule has 0 bridgehead atoms. The number of nitrogens with zero attached hydrogens (tertiary/aromatic N) is 2. The molecule has 0 unspecified atom stereocenters. The Bertz CT molecular complexity index is 488. The predicted octanol–water partition coefficient (Wildman–Crippen LogP) is 3.27. The summed E-state index contributed by atoms with van der Waals surface area (Å²) in [5.74, 6) is 1.03. The molecule has 2 rings (SSSR count). The number of hydrogen-bond acceptors (Lipinski definition) is 1. The van der Waals surface area contributed by atoms with Gasteiger partial charge in [0.15, 0.2) is 5.96 Å². The highest BCUT2D eigenvalue weighted by Crippen LogP contribution is 2.29. The quantitative estimate of drug-likeness (QED) is 0.682. The highest BCUT2D eigenvalue weighted by molar-refractivity contribution is 5.80. The van der Waals surface area contributed by atoms with Crippen molar-refractivity contribution >= 4 is 5.96 Å². The zero-order valence-electron chi connectivity index (χ0n) is 14.1. The molecule has 0 atom stereocenters. The lowest BCUT2D eigenvalue weighted by Gasteiger charge is -2.29. The molecule has 3 nitrogen and oxygen atoms in total. The van der Waals surface area contributed by atoms with Crippen molar-refractivity contribution < 1.29 is 0 Å². The Morgan fingerprint density at radius 2 is 1.95 bits per heavy atom. The molecule has 0 radical (unpaired) electrons. The van der Waals surface area contributed by atoms with Crippen molar-refractivity contribution in [1.29, 1.82) is 0 Å². The molecule has 0 spiro atoms. The van der Waals surface area contributed by atoms with Gasteiger partial charge in [0.25, 0.3) is 0 Å². The Hall–Kier alpha value is -1.51. The van der Waals surface area contributed by atoms with Crippen LogP contribution in [-0.2, 0) is 5.41 Å². The van der Waals surface area contributed by atoms with Crippen LogP contribution in [0.3, 0.4) is 0 Å². The minimum absolute atomic E-state index is 0.0897. The van der Waals surface area contributed by atoms with Gasteiger partial charge >= 0.3 is 0 Å². The zero-order chi connectivity index (χ0) is 15.5. The van der Waals surface area contributed by atoms with Crippen LogP contribution in [0.15, 0.2) is 35.3 Å². The molecule has 3 heteroatoms. The lowest BCUT2D eigenvalue weighted by atomic mass is 9.85. The molecule has 116 valence electrons. The van der Waals surface area contributed by atoms with Gasteiger partial charge in [-0.15, -0.1) is 0 Å². The van der Waals surface area contributed by atoms with E-state index in [2.05, 4.69) is 73.2 Å². The first-order valence-corrected chi connectivity index (χ1v) is 7.85. The van der Waals surface area contributed by atoms with Crippen molar-refractivity contribution in [2.75, 3.05) is 26.7 Å². The van der Waals surface area contributed by atoms with Gasteiger partial charge < -0.3 is 10.2 Å². The van der Waals surface area contributed by atoms with Crippen LogP contribution in [-0.4, -0.2) is 37.5 Å². The Morgan fingerprint density at radius 1 is 1.29 bits per heavy atom. The first-order chi connectivity index (χ1) is 9.84. The smallest absolute Gasteiger partial charge is 0.193 e. The van der Waals surface area contributed by atoms with Gasteiger partial charge in [0, 0.05) is 32.1 Å². The highest BCUT2D eigenvalue weighted by atomic mass is 15.3. The van der Waals surface area contributed by atoms with Gasteiger partial charge in [-0.25, -0.2) is 0 Å². The van der Waals surface area contributed by atoms with E-state index in [-0.39, 0.29) is 5.41 Å². The predicted molar refractivity (Wildman–Crippen MR) is 90.8 cm³/mol. The van der Waals surface area contributed by atoms with Gasteiger partial charge in [-0.1, -0.05) is 58.0 Å². The lowest BCUT2D eigenvalue weighted by molar-refractivity contribution is 0.367. The van der Waals surface area contributed by atoms with Gasteiger partial charge in [0.05, 0.1) is 0 Å². The van der Waals surface area contributed by atoms with Gasteiger partial charge in [-0.05, 0) is 17.4 Å². The summed E-state index contributed by atoms with van der Waals surface area (Å²) in [6.07, 6.45) is 1.23. The molecule has 1 heterocycles. The van der Waals surface area contributed by atoms with Crippen LogP contribution in [0.4, 0.5) is 0 Å². The summed E-state index contributed by atoms with van der Waals surface area (Å²) >= 11 is 0. The second-order valence-corrected chi connectivity index (χ2v) is 7.49. The third-order valence-corrected chi connectivity index (χ3v) is 4.43. The fraction of sp³-hybridized carbons (Fsp3) is 0.611. The third kappa shape index (κ3) is 3.99. The topological polar surface area (TPSA) is 27.6 Å². The summed E-state index contributed by atoms with van der Waals surface area (Å²) in [6, 6.07) is 10.7. The van der Waals surface area contributed by atoms with E-state index in [1.165, 1.54) is 12.0 Å². The number of hydrogen-bond donors (Lipinski definition) is 1. The van der Waals surface area contributed by atoms with Crippen LogP contribution in [0, 0.1) is 5.41 Å².